The molecular weight excluding hydrogens is 484 g/mol. The third-order valence-corrected chi connectivity index (χ3v) is 6.99. The fourth-order valence-corrected chi connectivity index (χ4v) is 4.77. The van der Waals surface area contributed by atoms with Crippen LogP contribution in [-0.4, -0.2) is 9.97 Å². The molecule has 0 N–H and O–H groups in total. The minimum absolute atomic E-state index is 0.707. The SMILES string of the molecule is Cc1ccc(-c2cc(-c3ccc(-c4ccccc4)cc3)nc(-c3ccccc3)n2)cc1-c1ccc(Cl)cc1. The maximum absolute atomic E-state index is 6.14. The van der Waals surface area contributed by atoms with Crippen molar-refractivity contribution in [1.29, 1.82) is 0 Å². The third kappa shape index (κ3) is 5.00. The van der Waals surface area contributed by atoms with Crippen molar-refractivity contribution in [2.45, 2.75) is 6.92 Å². The lowest BCUT2D eigenvalue weighted by Gasteiger charge is -2.12. The van der Waals surface area contributed by atoms with E-state index in [2.05, 4.69) is 104 Å². The minimum Gasteiger partial charge on any atom is -0.228 e. The van der Waals surface area contributed by atoms with Gasteiger partial charge in [-0.25, -0.2) is 9.97 Å². The standard InChI is InChI=1S/C35H25ClN2/c1-24-12-13-30(22-32(24)27-18-20-31(36)21-19-27)34-23-33(37-35(38-34)29-10-6-3-7-11-29)28-16-14-26(15-17-28)25-8-4-2-5-9-25/h2-23H,1H3. The van der Waals surface area contributed by atoms with Crippen LogP contribution in [0.3, 0.4) is 0 Å². The van der Waals surface area contributed by atoms with Crippen LogP contribution in [0.4, 0.5) is 0 Å². The van der Waals surface area contributed by atoms with Crippen molar-refractivity contribution < 1.29 is 0 Å². The molecule has 0 bridgehead atoms. The summed E-state index contributed by atoms with van der Waals surface area (Å²) in [6.45, 7) is 2.13. The predicted molar refractivity (Wildman–Crippen MR) is 159 cm³/mol. The Morgan fingerprint density at radius 1 is 0.447 bits per heavy atom. The molecule has 0 saturated carbocycles. The van der Waals surface area contributed by atoms with Crippen molar-refractivity contribution in [2.75, 3.05) is 0 Å². The van der Waals surface area contributed by atoms with Gasteiger partial charge in [-0.3, -0.25) is 0 Å². The highest BCUT2D eigenvalue weighted by Crippen LogP contribution is 2.33. The summed E-state index contributed by atoms with van der Waals surface area (Å²) >= 11 is 6.14. The van der Waals surface area contributed by atoms with Crippen LogP contribution < -0.4 is 0 Å². The van der Waals surface area contributed by atoms with Crippen molar-refractivity contribution in [2.24, 2.45) is 0 Å². The Balaban J connectivity index is 1.46. The molecule has 2 nitrogen and oxygen atoms in total. The van der Waals surface area contributed by atoms with Gasteiger partial charge in [-0.2, -0.15) is 0 Å². The zero-order valence-corrected chi connectivity index (χ0v) is 21.7. The highest BCUT2D eigenvalue weighted by Gasteiger charge is 2.13. The normalized spacial score (nSPS) is 10.9. The van der Waals surface area contributed by atoms with Crippen LogP contribution in [0.1, 0.15) is 5.56 Å². The highest BCUT2D eigenvalue weighted by atomic mass is 35.5. The largest absolute Gasteiger partial charge is 0.228 e. The Morgan fingerprint density at radius 2 is 0.947 bits per heavy atom. The molecule has 6 rings (SSSR count). The number of rotatable bonds is 5. The van der Waals surface area contributed by atoms with Crippen LogP contribution in [0, 0.1) is 6.92 Å². The van der Waals surface area contributed by atoms with E-state index in [0.29, 0.717) is 5.82 Å². The molecule has 0 aliphatic rings. The second-order valence-corrected chi connectivity index (χ2v) is 9.74. The Hall–Kier alpha value is -4.53. The van der Waals surface area contributed by atoms with Gasteiger partial charge >= 0.3 is 0 Å². The topological polar surface area (TPSA) is 25.8 Å². The fraction of sp³-hybridized carbons (Fsp3) is 0.0286. The van der Waals surface area contributed by atoms with Crippen LogP contribution in [-0.2, 0) is 0 Å². The molecule has 0 atom stereocenters. The summed E-state index contributed by atoms with van der Waals surface area (Å²) < 4.78 is 0. The second-order valence-electron chi connectivity index (χ2n) is 9.31. The quantitative estimate of drug-likeness (QED) is 0.231. The number of hydrogen-bond donors (Lipinski definition) is 0. The molecule has 38 heavy (non-hydrogen) atoms. The number of halogens is 1. The summed E-state index contributed by atoms with van der Waals surface area (Å²) in [4.78, 5) is 9.99. The van der Waals surface area contributed by atoms with Gasteiger partial charge in [0.05, 0.1) is 11.4 Å². The van der Waals surface area contributed by atoms with Gasteiger partial charge in [0, 0.05) is 21.7 Å². The minimum atomic E-state index is 0.707. The summed E-state index contributed by atoms with van der Waals surface area (Å²) in [5.74, 6) is 0.707. The average Bonchev–Trinajstić information content (AvgIpc) is 2.99. The van der Waals surface area contributed by atoms with Gasteiger partial charge in [-0.1, -0.05) is 121 Å². The van der Waals surface area contributed by atoms with E-state index < -0.39 is 0 Å². The second kappa shape index (κ2) is 10.5. The van der Waals surface area contributed by atoms with Gasteiger partial charge in [-0.05, 0) is 59.0 Å². The maximum atomic E-state index is 6.14. The number of hydrogen-bond acceptors (Lipinski definition) is 2. The van der Waals surface area contributed by atoms with Crippen molar-refractivity contribution in [3.8, 4) is 56.2 Å². The van der Waals surface area contributed by atoms with E-state index in [0.717, 1.165) is 44.2 Å². The summed E-state index contributed by atoms with van der Waals surface area (Å²) in [5.41, 5.74) is 10.7. The monoisotopic (exact) mass is 508 g/mol. The molecule has 0 amide bonds. The molecule has 0 fully saturated rings. The van der Waals surface area contributed by atoms with E-state index in [1.54, 1.807) is 0 Å². The molecule has 0 unspecified atom stereocenters. The molecule has 0 spiro atoms. The molecule has 0 aliphatic carbocycles. The first kappa shape index (κ1) is 23.8. The molecule has 1 heterocycles. The smallest absolute Gasteiger partial charge is 0.160 e. The molecule has 5 aromatic carbocycles. The van der Waals surface area contributed by atoms with Crippen molar-refractivity contribution in [3.05, 3.63) is 144 Å². The highest BCUT2D eigenvalue weighted by molar-refractivity contribution is 6.30. The molecule has 0 radical (unpaired) electrons. The predicted octanol–water partition coefficient (Wildman–Crippen LogP) is 9.77. The summed E-state index contributed by atoms with van der Waals surface area (Å²) in [5, 5.41) is 0.730. The Kier molecular flexibility index (Phi) is 6.56. The third-order valence-electron chi connectivity index (χ3n) is 6.73. The lowest BCUT2D eigenvalue weighted by molar-refractivity contribution is 1.18. The molecule has 0 saturated heterocycles. The lowest BCUT2D eigenvalue weighted by atomic mass is 9.96. The van der Waals surface area contributed by atoms with Crippen LogP contribution in [0.15, 0.2) is 133 Å². The molecule has 182 valence electrons. The summed E-state index contributed by atoms with van der Waals surface area (Å²) in [6.07, 6.45) is 0. The van der Waals surface area contributed by atoms with Crippen molar-refractivity contribution >= 4 is 11.6 Å². The van der Waals surface area contributed by atoms with Crippen LogP contribution in [0.2, 0.25) is 5.02 Å². The molecule has 1 aromatic heterocycles. The summed E-state index contributed by atoms with van der Waals surface area (Å²) in [7, 11) is 0. The number of aromatic nitrogens is 2. The van der Waals surface area contributed by atoms with Crippen LogP contribution >= 0.6 is 11.6 Å². The van der Waals surface area contributed by atoms with Crippen LogP contribution in [0.25, 0.3) is 56.2 Å². The first-order valence-electron chi connectivity index (χ1n) is 12.6. The Morgan fingerprint density at radius 3 is 1.61 bits per heavy atom. The van der Waals surface area contributed by atoms with E-state index in [4.69, 9.17) is 21.6 Å². The number of aryl methyl sites for hydroxylation is 1. The fourth-order valence-electron chi connectivity index (χ4n) is 4.65. The first-order chi connectivity index (χ1) is 18.6. The van der Waals surface area contributed by atoms with E-state index in [1.807, 2.05) is 36.4 Å². The van der Waals surface area contributed by atoms with Gasteiger partial charge in [0.1, 0.15) is 0 Å². The van der Waals surface area contributed by atoms with E-state index >= 15 is 0 Å². The van der Waals surface area contributed by atoms with E-state index in [9.17, 15) is 0 Å². The lowest BCUT2D eigenvalue weighted by Crippen LogP contribution is -1.96. The Labute approximate surface area is 228 Å². The number of benzene rings is 5. The van der Waals surface area contributed by atoms with Gasteiger partial charge < -0.3 is 0 Å². The molecular formula is C35H25ClN2. The van der Waals surface area contributed by atoms with Crippen molar-refractivity contribution in [1.82, 2.24) is 9.97 Å². The maximum Gasteiger partial charge on any atom is 0.160 e. The van der Waals surface area contributed by atoms with Gasteiger partial charge in [-0.15, -0.1) is 0 Å². The number of nitrogens with zero attached hydrogens (tertiary/aromatic N) is 2. The molecule has 6 aromatic rings. The molecule has 0 aliphatic heterocycles. The van der Waals surface area contributed by atoms with Gasteiger partial charge in [0.15, 0.2) is 5.82 Å². The van der Waals surface area contributed by atoms with Crippen LogP contribution in [0.5, 0.6) is 0 Å². The van der Waals surface area contributed by atoms with Gasteiger partial charge in [0.25, 0.3) is 0 Å². The zero-order chi connectivity index (χ0) is 25.9. The average molecular weight is 509 g/mol. The first-order valence-corrected chi connectivity index (χ1v) is 13.0. The van der Waals surface area contributed by atoms with E-state index in [1.165, 1.54) is 16.7 Å². The van der Waals surface area contributed by atoms with Gasteiger partial charge in [0.2, 0.25) is 0 Å². The summed E-state index contributed by atoms with van der Waals surface area (Å²) in [6, 6.07) is 45.7. The zero-order valence-electron chi connectivity index (χ0n) is 21.0. The van der Waals surface area contributed by atoms with Crippen molar-refractivity contribution in [3.63, 3.8) is 0 Å². The molecule has 3 heteroatoms. The Bertz CT molecular complexity index is 1690. The van der Waals surface area contributed by atoms with E-state index in [-0.39, 0.29) is 0 Å².